The van der Waals surface area contributed by atoms with E-state index in [1.165, 1.54) is 12.1 Å². The molecule has 1 rings (SSSR count). The van der Waals surface area contributed by atoms with Gasteiger partial charge in [-0.15, -0.1) is 0 Å². The summed E-state index contributed by atoms with van der Waals surface area (Å²) in [5, 5.41) is 13.3. The van der Waals surface area contributed by atoms with E-state index in [4.69, 9.17) is 0 Å². The zero-order chi connectivity index (χ0) is 11.6. The Morgan fingerprint density at radius 2 is 2.07 bits per heavy atom. The molecule has 0 aliphatic heterocycles. The number of nitro groups is 1. The molecule has 1 aromatic rings. The third-order valence-electron chi connectivity index (χ3n) is 2.46. The molecule has 0 radical (unpaired) electrons. The van der Waals surface area contributed by atoms with Crippen LogP contribution in [-0.2, 0) is 5.54 Å². The van der Waals surface area contributed by atoms with Gasteiger partial charge >= 0.3 is 0 Å². The summed E-state index contributed by atoms with van der Waals surface area (Å²) in [7, 11) is 1.71. The predicted octanol–water partition coefficient (Wildman–Crippen LogP) is 2.19. The smallest absolute Gasteiger partial charge is 0.272 e. The normalized spacial score (nSPS) is 11.5. The Bertz CT molecular complexity index is 391. The van der Waals surface area contributed by atoms with Crippen LogP contribution in [0.5, 0.6) is 0 Å². The molecule has 0 aromatic heterocycles. The predicted molar refractivity (Wildman–Crippen MR) is 55.1 cm³/mol. The van der Waals surface area contributed by atoms with Gasteiger partial charge in [0.1, 0.15) is 5.82 Å². The number of hydrogen-bond donors (Lipinski definition) is 1. The van der Waals surface area contributed by atoms with E-state index >= 15 is 0 Å². The van der Waals surface area contributed by atoms with Crippen molar-refractivity contribution in [2.24, 2.45) is 0 Å². The molecule has 15 heavy (non-hydrogen) atoms. The van der Waals surface area contributed by atoms with E-state index < -0.39 is 16.3 Å². The summed E-state index contributed by atoms with van der Waals surface area (Å²) in [6.07, 6.45) is 0. The summed E-state index contributed by atoms with van der Waals surface area (Å²) >= 11 is 0. The molecule has 0 bridgehead atoms. The van der Waals surface area contributed by atoms with Crippen LogP contribution < -0.4 is 5.32 Å². The molecule has 0 aliphatic carbocycles. The van der Waals surface area contributed by atoms with Crippen molar-refractivity contribution in [1.82, 2.24) is 5.32 Å². The van der Waals surface area contributed by atoms with Gasteiger partial charge in [-0.3, -0.25) is 10.1 Å². The summed E-state index contributed by atoms with van der Waals surface area (Å²) in [6.45, 7) is 3.61. The average molecular weight is 212 g/mol. The number of non-ortho nitro benzene ring substituents is 1. The third-order valence-corrected chi connectivity index (χ3v) is 2.46. The van der Waals surface area contributed by atoms with Gasteiger partial charge < -0.3 is 5.32 Å². The summed E-state index contributed by atoms with van der Waals surface area (Å²) in [5.41, 5.74) is -0.363. The second kappa shape index (κ2) is 3.94. The molecule has 1 aromatic carbocycles. The summed E-state index contributed by atoms with van der Waals surface area (Å²) in [4.78, 5) is 9.80. The fourth-order valence-corrected chi connectivity index (χ4v) is 1.26. The van der Waals surface area contributed by atoms with Gasteiger partial charge in [-0.05, 0) is 27.0 Å². The van der Waals surface area contributed by atoms with E-state index in [-0.39, 0.29) is 5.69 Å². The second-order valence-corrected chi connectivity index (χ2v) is 3.80. The fraction of sp³-hybridized carbons (Fsp3) is 0.400. The largest absolute Gasteiger partial charge is 0.311 e. The van der Waals surface area contributed by atoms with Gasteiger partial charge in [0.05, 0.1) is 11.0 Å². The van der Waals surface area contributed by atoms with Crippen molar-refractivity contribution in [3.05, 3.63) is 39.7 Å². The highest BCUT2D eigenvalue weighted by atomic mass is 19.1. The molecule has 0 saturated carbocycles. The lowest BCUT2D eigenvalue weighted by atomic mass is 9.94. The Labute approximate surface area is 87.3 Å². The Morgan fingerprint density at radius 3 is 2.47 bits per heavy atom. The maximum Gasteiger partial charge on any atom is 0.272 e. The maximum absolute atomic E-state index is 13.5. The van der Waals surface area contributed by atoms with E-state index in [1.54, 1.807) is 20.9 Å². The summed E-state index contributed by atoms with van der Waals surface area (Å²) in [6, 6.07) is 3.68. The topological polar surface area (TPSA) is 55.2 Å². The average Bonchev–Trinajstić information content (AvgIpc) is 2.17. The Morgan fingerprint density at radius 1 is 1.47 bits per heavy atom. The number of nitro benzene ring substituents is 1. The molecule has 0 amide bonds. The van der Waals surface area contributed by atoms with Crippen LogP contribution in [0.25, 0.3) is 0 Å². The van der Waals surface area contributed by atoms with Crippen LogP contribution >= 0.6 is 0 Å². The first-order valence-corrected chi connectivity index (χ1v) is 4.52. The molecule has 0 unspecified atom stereocenters. The number of rotatable bonds is 3. The minimum absolute atomic E-state index is 0.233. The number of nitrogens with zero attached hydrogens (tertiary/aromatic N) is 1. The van der Waals surface area contributed by atoms with Crippen molar-refractivity contribution in [3.8, 4) is 0 Å². The van der Waals surface area contributed by atoms with Gasteiger partial charge in [0.25, 0.3) is 5.69 Å². The quantitative estimate of drug-likeness (QED) is 0.617. The molecule has 0 atom stereocenters. The zero-order valence-corrected chi connectivity index (χ0v) is 8.87. The molecule has 4 nitrogen and oxygen atoms in total. The fourth-order valence-electron chi connectivity index (χ4n) is 1.26. The van der Waals surface area contributed by atoms with Crippen molar-refractivity contribution in [3.63, 3.8) is 0 Å². The van der Waals surface area contributed by atoms with E-state index in [1.807, 2.05) is 0 Å². The highest BCUT2D eigenvalue weighted by Gasteiger charge is 2.23. The summed E-state index contributed by atoms with van der Waals surface area (Å²) < 4.78 is 13.5. The van der Waals surface area contributed by atoms with Crippen LogP contribution in [0.3, 0.4) is 0 Å². The lowest BCUT2D eigenvalue weighted by Gasteiger charge is -2.24. The molecule has 1 N–H and O–H groups in total. The van der Waals surface area contributed by atoms with Gasteiger partial charge in [-0.2, -0.15) is 0 Å². The minimum Gasteiger partial charge on any atom is -0.311 e. The SMILES string of the molecule is CNC(C)(C)c1ccc([N+](=O)[O-])cc1F. The van der Waals surface area contributed by atoms with Crippen LogP contribution in [0.15, 0.2) is 18.2 Å². The van der Waals surface area contributed by atoms with Crippen LogP contribution in [-0.4, -0.2) is 12.0 Å². The molecule has 0 saturated heterocycles. The molecule has 82 valence electrons. The van der Waals surface area contributed by atoms with Crippen molar-refractivity contribution < 1.29 is 9.31 Å². The first-order valence-electron chi connectivity index (χ1n) is 4.52. The molecule has 0 spiro atoms. The van der Waals surface area contributed by atoms with Crippen LogP contribution in [0.4, 0.5) is 10.1 Å². The number of hydrogen-bond acceptors (Lipinski definition) is 3. The van der Waals surface area contributed by atoms with Crippen molar-refractivity contribution >= 4 is 5.69 Å². The van der Waals surface area contributed by atoms with Gasteiger partial charge in [0, 0.05) is 17.2 Å². The van der Waals surface area contributed by atoms with Gasteiger partial charge in [-0.1, -0.05) is 0 Å². The van der Waals surface area contributed by atoms with Gasteiger partial charge in [-0.25, -0.2) is 4.39 Å². The lowest BCUT2D eigenvalue weighted by molar-refractivity contribution is -0.385. The Hall–Kier alpha value is -1.49. The highest BCUT2D eigenvalue weighted by Crippen LogP contribution is 2.25. The monoisotopic (exact) mass is 212 g/mol. The first-order chi connectivity index (χ1) is 6.88. The number of nitrogens with one attached hydrogen (secondary N) is 1. The van der Waals surface area contributed by atoms with Crippen LogP contribution in [0.1, 0.15) is 19.4 Å². The van der Waals surface area contributed by atoms with E-state index in [0.29, 0.717) is 5.56 Å². The molecule has 0 heterocycles. The van der Waals surface area contributed by atoms with Crippen molar-refractivity contribution in [1.29, 1.82) is 0 Å². The van der Waals surface area contributed by atoms with E-state index in [9.17, 15) is 14.5 Å². The first kappa shape index (κ1) is 11.6. The summed E-state index contributed by atoms with van der Waals surface area (Å²) in [5.74, 6) is -0.566. The van der Waals surface area contributed by atoms with Crippen molar-refractivity contribution in [2.45, 2.75) is 19.4 Å². The van der Waals surface area contributed by atoms with E-state index in [0.717, 1.165) is 6.07 Å². The molecule has 0 fully saturated rings. The van der Waals surface area contributed by atoms with E-state index in [2.05, 4.69) is 5.32 Å². The highest BCUT2D eigenvalue weighted by molar-refractivity contribution is 5.37. The second-order valence-electron chi connectivity index (χ2n) is 3.80. The van der Waals surface area contributed by atoms with Crippen molar-refractivity contribution in [2.75, 3.05) is 7.05 Å². The molecule has 0 aliphatic rings. The Balaban J connectivity index is 3.19. The zero-order valence-electron chi connectivity index (χ0n) is 8.87. The van der Waals surface area contributed by atoms with Crippen LogP contribution in [0.2, 0.25) is 0 Å². The lowest BCUT2D eigenvalue weighted by Crippen LogP contribution is -2.34. The third kappa shape index (κ3) is 2.30. The minimum atomic E-state index is -0.612. The molecular formula is C10H13FN2O2. The molecule has 5 heteroatoms. The Kier molecular flexibility index (Phi) is 3.04. The standard InChI is InChI=1S/C10H13FN2O2/c1-10(2,12-3)8-5-4-7(13(14)15)6-9(8)11/h4-6,12H,1-3H3. The maximum atomic E-state index is 13.5. The van der Waals surface area contributed by atoms with Gasteiger partial charge in [0.2, 0.25) is 0 Å². The van der Waals surface area contributed by atoms with Gasteiger partial charge in [0.15, 0.2) is 0 Å². The van der Waals surface area contributed by atoms with Crippen LogP contribution in [0, 0.1) is 15.9 Å². The number of benzene rings is 1. The number of halogens is 1. The molecular weight excluding hydrogens is 199 g/mol.